The number of hydrogen-bond donors (Lipinski definition) is 1. The van der Waals surface area contributed by atoms with Crippen molar-refractivity contribution < 1.29 is 14.3 Å². The van der Waals surface area contributed by atoms with Crippen molar-refractivity contribution in [2.24, 2.45) is 5.41 Å². The number of aromatic nitrogens is 2. The summed E-state index contributed by atoms with van der Waals surface area (Å²) < 4.78 is 12.5. The topological polar surface area (TPSA) is 79.4 Å². The summed E-state index contributed by atoms with van der Waals surface area (Å²) in [7, 11) is 1.73. The molecule has 1 aromatic heterocycles. The lowest BCUT2D eigenvalue weighted by molar-refractivity contribution is -0.112. The maximum absolute atomic E-state index is 12.0. The minimum atomic E-state index is -0.455. The van der Waals surface area contributed by atoms with E-state index in [0.717, 1.165) is 12.2 Å². The molecule has 0 radical (unpaired) electrons. The summed E-state index contributed by atoms with van der Waals surface area (Å²) in [5.74, 6) is 0.769. The van der Waals surface area contributed by atoms with Crippen LogP contribution in [0.2, 0.25) is 0 Å². The third-order valence-corrected chi connectivity index (χ3v) is 4.53. The number of aryl methyl sites for hydroxylation is 1. The first-order chi connectivity index (χ1) is 9.88. The molecule has 1 aliphatic rings. The largest absolute Gasteiger partial charge is 0.461 e. The second-order valence-corrected chi connectivity index (χ2v) is 6.00. The van der Waals surface area contributed by atoms with Gasteiger partial charge in [-0.05, 0) is 13.3 Å². The number of carbonyl (C=O) groups excluding carboxylic acids is 1. The fraction of sp³-hybridized carbons (Fsp3) is 0.733. The fourth-order valence-electron chi connectivity index (χ4n) is 3.14. The van der Waals surface area contributed by atoms with Crippen LogP contribution in [0.1, 0.15) is 56.5 Å². The fourth-order valence-corrected chi connectivity index (χ4v) is 3.14. The molecule has 0 aliphatic heterocycles. The third-order valence-electron chi connectivity index (χ3n) is 4.53. The van der Waals surface area contributed by atoms with Gasteiger partial charge in [-0.2, -0.15) is 0 Å². The standard InChI is InChI=1S/C15H25N3O3/c1-6-11-17-12(14(19)21-7-2)13(16)18(11)9-8-10(20-5)15(9,3)4/h9-10H,6-8,16H2,1-5H3. The van der Waals surface area contributed by atoms with Crippen LogP contribution in [0.4, 0.5) is 5.82 Å². The minimum Gasteiger partial charge on any atom is -0.461 e. The maximum atomic E-state index is 12.0. The van der Waals surface area contributed by atoms with Crippen molar-refractivity contribution in [1.29, 1.82) is 0 Å². The van der Waals surface area contributed by atoms with E-state index in [1.54, 1.807) is 14.0 Å². The highest BCUT2D eigenvalue weighted by Crippen LogP contribution is 2.52. The maximum Gasteiger partial charge on any atom is 0.360 e. The number of imidazole rings is 1. The predicted molar refractivity (Wildman–Crippen MR) is 80.2 cm³/mol. The first kappa shape index (κ1) is 15.8. The first-order valence-corrected chi connectivity index (χ1v) is 7.44. The van der Waals surface area contributed by atoms with E-state index < -0.39 is 5.97 Å². The van der Waals surface area contributed by atoms with Gasteiger partial charge in [0.05, 0.1) is 12.7 Å². The smallest absolute Gasteiger partial charge is 0.360 e. The summed E-state index contributed by atoms with van der Waals surface area (Å²) in [4.78, 5) is 16.3. The molecular weight excluding hydrogens is 270 g/mol. The van der Waals surface area contributed by atoms with Gasteiger partial charge >= 0.3 is 5.97 Å². The number of rotatable bonds is 5. The number of methoxy groups -OCH3 is 1. The Hall–Kier alpha value is -1.56. The molecule has 2 N–H and O–H groups in total. The molecule has 0 amide bonds. The lowest BCUT2D eigenvalue weighted by Crippen LogP contribution is -2.51. The molecule has 0 bridgehead atoms. The van der Waals surface area contributed by atoms with E-state index in [4.69, 9.17) is 15.2 Å². The number of esters is 1. The van der Waals surface area contributed by atoms with E-state index in [0.29, 0.717) is 18.8 Å². The number of carbonyl (C=O) groups is 1. The average molecular weight is 295 g/mol. The molecule has 2 atom stereocenters. The number of anilines is 1. The van der Waals surface area contributed by atoms with Gasteiger partial charge in [0.25, 0.3) is 0 Å². The van der Waals surface area contributed by atoms with Gasteiger partial charge in [0.15, 0.2) is 5.69 Å². The zero-order chi connectivity index (χ0) is 15.8. The first-order valence-electron chi connectivity index (χ1n) is 7.44. The molecule has 118 valence electrons. The molecule has 2 unspecified atom stereocenters. The Morgan fingerprint density at radius 3 is 2.62 bits per heavy atom. The molecular formula is C15H25N3O3. The molecule has 21 heavy (non-hydrogen) atoms. The van der Waals surface area contributed by atoms with Gasteiger partial charge in [-0.3, -0.25) is 0 Å². The molecule has 2 rings (SSSR count). The summed E-state index contributed by atoms with van der Waals surface area (Å²) >= 11 is 0. The van der Waals surface area contributed by atoms with Crippen LogP contribution in [-0.4, -0.2) is 35.3 Å². The molecule has 0 spiro atoms. The Morgan fingerprint density at radius 1 is 1.48 bits per heavy atom. The SMILES string of the molecule is CCOC(=O)c1nc(CC)n(C2CC(OC)C2(C)C)c1N. The second kappa shape index (κ2) is 5.67. The molecule has 1 saturated carbocycles. The molecule has 0 saturated heterocycles. The van der Waals surface area contributed by atoms with Gasteiger partial charge in [0.1, 0.15) is 11.6 Å². The summed E-state index contributed by atoms with van der Waals surface area (Å²) in [5, 5.41) is 0. The summed E-state index contributed by atoms with van der Waals surface area (Å²) in [6, 6.07) is 0.188. The Bertz CT molecular complexity index is 537. The van der Waals surface area contributed by atoms with Crippen LogP contribution >= 0.6 is 0 Å². The van der Waals surface area contributed by atoms with Crippen molar-refractivity contribution >= 4 is 11.8 Å². The van der Waals surface area contributed by atoms with Crippen molar-refractivity contribution in [3.63, 3.8) is 0 Å². The van der Waals surface area contributed by atoms with Gasteiger partial charge in [-0.1, -0.05) is 20.8 Å². The number of hydrogen-bond acceptors (Lipinski definition) is 5. The predicted octanol–water partition coefficient (Wildman–Crippen LogP) is 2.19. The van der Waals surface area contributed by atoms with Crippen molar-refractivity contribution in [2.45, 2.75) is 52.7 Å². The van der Waals surface area contributed by atoms with Crippen LogP contribution in [0.5, 0.6) is 0 Å². The Kier molecular flexibility index (Phi) is 4.27. The summed E-state index contributed by atoms with van der Waals surface area (Å²) in [6.45, 7) is 8.39. The lowest BCUT2D eigenvalue weighted by atomic mass is 9.64. The zero-order valence-corrected chi connectivity index (χ0v) is 13.5. The number of nitrogens with zero attached hydrogens (tertiary/aromatic N) is 2. The van der Waals surface area contributed by atoms with Crippen molar-refractivity contribution in [3.8, 4) is 0 Å². The average Bonchev–Trinajstić information content (AvgIpc) is 2.76. The van der Waals surface area contributed by atoms with Gasteiger partial charge in [-0.15, -0.1) is 0 Å². The van der Waals surface area contributed by atoms with Crippen molar-refractivity contribution in [1.82, 2.24) is 9.55 Å². The molecule has 6 heteroatoms. The molecule has 1 heterocycles. The number of nitrogens with two attached hydrogens (primary N) is 1. The van der Waals surface area contributed by atoms with Crippen LogP contribution in [0, 0.1) is 5.41 Å². The molecule has 1 aromatic rings. The van der Waals surface area contributed by atoms with E-state index in [-0.39, 0.29) is 23.3 Å². The van der Waals surface area contributed by atoms with Crippen LogP contribution < -0.4 is 5.73 Å². The van der Waals surface area contributed by atoms with Crippen LogP contribution in [0.15, 0.2) is 0 Å². The molecule has 1 fully saturated rings. The van der Waals surface area contributed by atoms with Crippen LogP contribution in [0.25, 0.3) is 0 Å². The summed E-state index contributed by atoms with van der Waals surface area (Å²) in [6.07, 6.45) is 1.78. The number of nitrogen functional groups attached to an aromatic ring is 1. The van der Waals surface area contributed by atoms with Crippen LogP contribution in [-0.2, 0) is 15.9 Å². The Balaban J connectivity index is 2.38. The van der Waals surface area contributed by atoms with Gasteiger partial charge < -0.3 is 19.8 Å². The molecule has 1 aliphatic carbocycles. The normalized spacial score (nSPS) is 23.7. The van der Waals surface area contributed by atoms with Gasteiger partial charge in [0, 0.05) is 25.0 Å². The van der Waals surface area contributed by atoms with E-state index in [1.807, 2.05) is 11.5 Å². The lowest BCUT2D eigenvalue weighted by Gasteiger charge is -2.52. The van der Waals surface area contributed by atoms with Crippen molar-refractivity contribution in [3.05, 3.63) is 11.5 Å². The van der Waals surface area contributed by atoms with Gasteiger partial charge in [0.2, 0.25) is 0 Å². The number of ether oxygens (including phenoxy) is 2. The Morgan fingerprint density at radius 2 is 2.14 bits per heavy atom. The zero-order valence-electron chi connectivity index (χ0n) is 13.5. The van der Waals surface area contributed by atoms with Gasteiger partial charge in [-0.25, -0.2) is 9.78 Å². The third kappa shape index (κ3) is 2.41. The highest BCUT2D eigenvalue weighted by molar-refractivity contribution is 5.92. The molecule has 6 nitrogen and oxygen atoms in total. The van der Waals surface area contributed by atoms with Crippen molar-refractivity contribution in [2.75, 3.05) is 19.5 Å². The second-order valence-electron chi connectivity index (χ2n) is 6.00. The highest BCUT2D eigenvalue weighted by atomic mass is 16.5. The minimum absolute atomic E-state index is 0.0422. The Labute approximate surface area is 125 Å². The highest BCUT2D eigenvalue weighted by Gasteiger charge is 2.51. The monoisotopic (exact) mass is 295 g/mol. The van der Waals surface area contributed by atoms with E-state index >= 15 is 0 Å². The summed E-state index contributed by atoms with van der Waals surface area (Å²) in [5.41, 5.74) is 6.37. The quantitative estimate of drug-likeness (QED) is 0.842. The van der Waals surface area contributed by atoms with E-state index in [2.05, 4.69) is 18.8 Å². The van der Waals surface area contributed by atoms with Crippen LogP contribution in [0.3, 0.4) is 0 Å². The molecule has 0 aromatic carbocycles. The van der Waals surface area contributed by atoms with E-state index in [1.165, 1.54) is 0 Å². The van der Waals surface area contributed by atoms with E-state index in [9.17, 15) is 4.79 Å².